The fourth-order valence-electron chi connectivity index (χ4n) is 1.85. The Morgan fingerprint density at radius 2 is 1.83 bits per heavy atom. The van der Waals surface area contributed by atoms with E-state index in [0.29, 0.717) is 16.3 Å². The number of sulfone groups is 1. The quantitative estimate of drug-likeness (QED) is 0.655. The van der Waals surface area contributed by atoms with Gasteiger partial charge in [0.1, 0.15) is 0 Å². The lowest BCUT2D eigenvalue weighted by Gasteiger charge is -2.07. The predicted octanol–water partition coefficient (Wildman–Crippen LogP) is 3.61. The van der Waals surface area contributed by atoms with Crippen molar-refractivity contribution in [2.45, 2.75) is 11.8 Å². The molecule has 0 heterocycles. The standard InChI is InChI=1S/C15H13ClN2O4S/c1-11-13(16)8-5-9-14(11)17-10-15(18(19)20)23(21,22)12-6-3-2-4-7-12/h2-10,17H,1H3/b15-10+. The first-order valence-corrected chi connectivity index (χ1v) is 8.36. The fourth-order valence-corrected chi connectivity index (χ4v) is 3.19. The van der Waals surface area contributed by atoms with Gasteiger partial charge in [0.25, 0.3) is 9.84 Å². The van der Waals surface area contributed by atoms with Gasteiger partial charge >= 0.3 is 5.03 Å². The van der Waals surface area contributed by atoms with Crippen LogP contribution in [0.4, 0.5) is 5.69 Å². The van der Waals surface area contributed by atoms with Crippen molar-refractivity contribution in [1.82, 2.24) is 0 Å². The van der Waals surface area contributed by atoms with Crippen LogP contribution in [0.15, 0.2) is 64.7 Å². The highest BCUT2D eigenvalue weighted by molar-refractivity contribution is 7.95. The molecule has 8 heteroatoms. The van der Waals surface area contributed by atoms with Gasteiger partial charge < -0.3 is 5.32 Å². The van der Waals surface area contributed by atoms with E-state index in [9.17, 15) is 18.5 Å². The monoisotopic (exact) mass is 352 g/mol. The minimum atomic E-state index is -4.23. The predicted molar refractivity (Wildman–Crippen MR) is 88.5 cm³/mol. The van der Waals surface area contributed by atoms with E-state index in [1.54, 1.807) is 31.2 Å². The summed E-state index contributed by atoms with van der Waals surface area (Å²) in [6, 6.07) is 12.2. The largest absolute Gasteiger partial charge is 0.379 e. The highest BCUT2D eigenvalue weighted by Gasteiger charge is 2.31. The average molecular weight is 353 g/mol. The van der Waals surface area contributed by atoms with E-state index < -0.39 is 19.8 Å². The summed E-state index contributed by atoms with van der Waals surface area (Å²) in [5, 5.41) is 13.4. The summed E-state index contributed by atoms with van der Waals surface area (Å²) in [6.07, 6.45) is 0.862. The minimum Gasteiger partial charge on any atom is -0.355 e. The van der Waals surface area contributed by atoms with Crippen molar-refractivity contribution in [1.29, 1.82) is 0 Å². The van der Waals surface area contributed by atoms with Gasteiger partial charge in [0, 0.05) is 10.7 Å². The Labute approximate surface area is 138 Å². The van der Waals surface area contributed by atoms with E-state index in [4.69, 9.17) is 11.6 Å². The average Bonchev–Trinajstić information content (AvgIpc) is 2.52. The van der Waals surface area contributed by atoms with Gasteiger partial charge in [-0.1, -0.05) is 35.9 Å². The molecule has 2 aromatic rings. The third kappa shape index (κ3) is 3.69. The first-order chi connectivity index (χ1) is 10.8. The summed E-state index contributed by atoms with van der Waals surface area (Å²) in [5.74, 6) is 0. The van der Waals surface area contributed by atoms with E-state index in [1.165, 1.54) is 24.3 Å². The van der Waals surface area contributed by atoms with Crippen LogP contribution in [-0.2, 0) is 9.84 Å². The molecule has 0 saturated carbocycles. The molecule has 0 unspecified atom stereocenters. The number of benzene rings is 2. The summed E-state index contributed by atoms with van der Waals surface area (Å²) < 4.78 is 24.7. The van der Waals surface area contributed by atoms with Gasteiger partial charge in [-0.15, -0.1) is 0 Å². The maximum Gasteiger partial charge on any atom is 0.379 e. The lowest BCUT2D eigenvalue weighted by atomic mass is 10.2. The van der Waals surface area contributed by atoms with Gasteiger partial charge in [0.05, 0.1) is 16.0 Å². The van der Waals surface area contributed by atoms with Crippen molar-refractivity contribution in [2.75, 3.05) is 5.32 Å². The molecule has 0 bridgehead atoms. The SMILES string of the molecule is Cc1c(Cl)cccc1N/C=C(\[N+](=O)[O-])S(=O)(=O)c1ccccc1. The molecule has 0 spiro atoms. The van der Waals surface area contributed by atoms with Crippen LogP contribution < -0.4 is 5.32 Å². The number of rotatable bonds is 5. The molecule has 120 valence electrons. The van der Waals surface area contributed by atoms with E-state index >= 15 is 0 Å². The Kier molecular flexibility index (Phi) is 5.02. The molecule has 23 heavy (non-hydrogen) atoms. The van der Waals surface area contributed by atoms with Crippen LogP contribution in [0.5, 0.6) is 0 Å². The van der Waals surface area contributed by atoms with Gasteiger partial charge in [-0.2, -0.15) is 0 Å². The molecule has 0 saturated heterocycles. The summed E-state index contributed by atoms with van der Waals surface area (Å²) >= 11 is 5.96. The molecule has 0 aliphatic carbocycles. The number of nitrogens with zero attached hydrogens (tertiary/aromatic N) is 1. The van der Waals surface area contributed by atoms with Crippen LogP contribution in [0.25, 0.3) is 0 Å². The first kappa shape index (κ1) is 17.0. The zero-order valence-electron chi connectivity index (χ0n) is 12.1. The van der Waals surface area contributed by atoms with Crippen LogP contribution in [-0.4, -0.2) is 13.3 Å². The fraction of sp³-hybridized carbons (Fsp3) is 0.0667. The van der Waals surface area contributed by atoms with Gasteiger partial charge in [-0.25, -0.2) is 8.42 Å². The van der Waals surface area contributed by atoms with Crippen molar-refractivity contribution in [2.24, 2.45) is 0 Å². The Hall–Kier alpha value is -2.38. The third-order valence-electron chi connectivity index (χ3n) is 3.13. The van der Waals surface area contributed by atoms with Gasteiger partial charge in [-0.05, 0) is 36.8 Å². The van der Waals surface area contributed by atoms with Gasteiger partial charge in [0.15, 0.2) is 0 Å². The second-order valence-corrected chi connectivity index (χ2v) is 6.92. The summed E-state index contributed by atoms with van der Waals surface area (Å²) in [6.45, 7) is 1.72. The Morgan fingerprint density at radius 3 is 2.43 bits per heavy atom. The summed E-state index contributed by atoms with van der Waals surface area (Å²) in [4.78, 5) is 10.1. The molecule has 0 aliphatic heterocycles. The van der Waals surface area contributed by atoms with Gasteiger partial charge in [0.2, 0.25) is 0 Å². The van der Waals surface area contributed by atoms with Gasteiger partial charge in [-0.3, -0.25) is 10.1 Å². The Bertz CT molecular complexity index is 864. The van der Waals surface area contributed by atoms with E-state index in [-0.39, 0.29) is 4.90 Å². The second-order valence-electron chi connectivity index (χ2n) is 4.61. The molecule has 0 radical (unpaired) electrons. The third-order valence-corrected chi connectivity index (χ3v) is 5.25. The highest BCUT2D eigenvalue weighted by atomic mass is 35.5. The maximum absolute atomic E-state index is 12.4. The van der Waals surface area contributed by atoms with Crippen molar-refractivity contribution >= 4 is 27.1 Å². The summed E-state index contributed by atoms with van der Waals surface area (Å²) in [5.41, 5.74) is 1.14. The molecule has 2 rings (SSSR count). The van der Waals surface area contributed by atoms with Crippen molar-refractivity contribution in [3.63, 3.8) is 0 Å². The number of hydrogen-bond acceptors (Lipinski definition) is 5. The normalized spacial score (nSPS) is 12.0. The topological polar surface area (TPSA) is 89.3 Å². The number of anilines is 1. The van der Waals surface area contributed by atoms with E-state index in [0.717, 1.165) is 6.20 Å². The van der Waals surface area contributed by atoms with Crippen molar-refractivity contribution in [3.8, 4) is 0 Å². The zero-order chi connectivity index (χ0) is 17.0. The molecule has 0 aromatic heterocycles. The molecule has 0 atom stereocenters. The molecule has 0 aliphatic rings. The molecule has 1 N–H and O–H groups in total. The minimum absolute atomic E-state index is 0.146. The number of nitro groups is 1. The van der Waals surface area contributed by atoms with Crippen LogP contribution in [0, 0.1) is 17.0 Å². The van der Waals surface area contributed by atoms with Crippen LogP contribution in [0.3, 0.4) is 0 Å². The Balaban J connectivity index is 2.43. The molecule has 0 amide bonds. The second kappa shape index (κ2) is 6.80. The highest BCUT2D eigenvalue weighted by Crippen LogP contribution is 2.24. The maximum atomic E-state index is 12.4. The van der Waals surface area contributed by atoms with E-state index in [2.05, 4.69) is 5.32 Å². The smallest absolute Gasteiger partial charge is 0.355 e. The van der Waals surface area contributed by atoms with Crippen LogP contribution in [0.1, 0.15) is 5.56 Å². The number of hydrogen-bond donors (Lipinski definition) is 1. The van der Waals surface area contributed by atoms with Crippen LogP contribution in [0.2, 0.25) is 5.02 Å². The summed E-state index contributed by atoms with van der Waals surface area (Å²) in [7, 11) is -4.23. The lowest BCUT2D eigenvalue weighted by Crippen LogP contribution is -2.14. The first-order valence-electron chi connectivity index (χ1n) is 6.50. The van der Waals surface area contributed by atoms with Crippen LogP contribution >= 0.6 is 11.6 Å². The zero-order valence-corrected chi connectivity index (χ0v) is 13.6. The number of halogens is 1. The molecule has 6 nitrogen and oxygen atoms in total. The Morgan fingerprint density at radius 1 is 1.17 bits per heavy atom. The molecular formula is C15H13ClN2O4S. The molecule has 2 aromatic carbocycles. The number of nitrogens with one attached hydrogen (secondary N) is 1. The molecular weight excluding hydrogens is 340 g/mol. The lowest BCUT2D eigenvalue weighted by molar-refractivity contribution is -0.411. The van der Waals surface area contributed by atoms with E-state index in [1.807, 2.05) is 0 Å². The van der Waals surface area contributed by atoms with Crippen molar-refractivity contribution < 1.29 is 13.3 Å². The van der Waals surface area contributed by atoms with Crippen molar-refractivity contribution in [3.05, 3.63) is 80.5 Å². The molecule has 0 fully saturated rings.